The second-order valence-electron chi connectivity index (χ2n) is 6.96. The Morgan fingerprint density at radius 3 is 2.33 bits per heavy atom. The Morgan fingerprint density at radius 2 is 1.87 bits per heavy atom. The van der Waals surface area contributed by atoms with Crippen LogP contribution in [0.25, 0.3) is 0 Å². The lowest BCUT2D eigenvalue weighted by Gasteiger charge is -2.19. The van der Waals surface area contributed by atoms with Gasteiger partial charge < -0.3 is 4.90 Å². The zero-order chi connectivity index (χ0) is 11.1. The minimum absolute atomic E-state index is 0.555. The average Bonchev–Trinajstić information content (AvgIpc) is 2.94. The van der Waals surface area contributed by atoms with Crippen molar-refractivity contribution in [3.8, 4) is 0 Å². The van der Waals surface area contributed by atoms with Crippen LogP contribution < -0.4 is 0 Å². The van der Waals surface area contributed by atoms with Gasteiger partial charge in [0.1, 0.15) is 0 Å². The molecule has 0 aromatic rings. The fraction of sp³-hybridized carbons (Fsp3) is 1.00. The summed E-state index contributed by atoms with van der Waals surface area (Å²) in [6.07, 6.45) is 5.89. The molecule has 0 aromatic heterocycles. The highest BCUT2D eigenvalue weighted by Crippen LogP contribution is 2.52. The van der Waals surface area contributed by atoms with E-state index in [1.54, 1.807) is 0 Å². The highest BCUT2D eigenvalue weighted by Gasteiger charge is 2.44. The Kier molecular flexibility index (Phi) is 3.12. The molecule has 2 atom stereocenters. The predicted molar refractivity (Wildman–Crippen MR) is 65.9 cm³/mol. The maximum Gasteiger partial charge on any atom is 0.000661 e. The van der Waals surface area contributed by atoms with Crippen LogP contribution in [0.3, 0.4) is 0 Å². The second kappa shape index (κ2) is 4.08. The van der Waals surface area contributed by atoms with Gasteiger partial charge in [0, 0.05) is 6.54 Å². The molecule has 2 rings (SSSR count). The van der Waals surface area contributed by atoms with Gasteiger partial charge in [0.05, 0.1) is 0 Å². The van der Waals surface area contributed by atoms with E-state index in [0.29, 0.717) is 5.41 Å². The standard InChI is InChI=1S/C14H27N/c1-14(2,3)13-9-12(13)7-8-15(4)10-11-5-6-11/h11-13H,5-10H2,1-4H3. The number of hydrogen-bond acceptors (Lipinski definition) is 1. The Balaban J connectivity index is 1.59. The molecule has 2 aliphatic carbocycles. The maximum atomic E-state index is 2.55. The van der Waals surface area contributed by atoms with Gasteiger partial charge in [0.15, 0.2) is 0 Å². The smallest absolute Gasteiger partial charge is 0.000661 e. The van der Waals surface area contributed by atoms with Crippen LogP contribution in [0.15, 0.2) is 0 Å². The summed E-state index contributed by atoms with van der Waals surface area (Å²) in [6, 6.07) is 0. The van der Waals surface area contributed by atoms with Crippen LogP contribution in [-0.2, 0) is 0 Å². The minimum Gasteiger partial charge on any atom is -0.306 e. The summed E-state index contributed by atoms with van der Waals surface area (Å²) in [5, 5.41) is 0. The van der Waals surface area contributed by atoms with Crippen LogP contribution in [0, 0.1) is 23.2 Å². The van der Waals surface area contributed by atoms with Crippen LogP contribution in [0.4, 0.5) is 0 Å². The van der Waals surface area contributed by atoms with Crippen molar-refractivity contribution in [3.63, 3.8) is 0 Å². The van der Waals surface area contributed by atoms with Crippen LogP contribution in [-0.4, -0.2) is 25.0 Å². The zero-order valence-electron chi connectivity index (χ0n) is 10.9. The normalized spacial score (nSPS) is 31.0. The van der Waals surface area contributed by atoms with Crippen molar-refractivity contribution in [2.45, 2.75) is 46.5 Å². The molecule has 0 radical (unpaired) electrons. The number of rotatable bonds is 5. The summed E-state index contributed by atoms with van der Waals surface area (Å²) in [4.78, 5) is 2.55. The third-order valence-electron chi connectivity index (χ3n) is 4.18. The van der Waals surface area contributed by atoms with E-state index in [2.05, 4.69) is 32.7 Å². The Bertz CT molecular complexity index is 212. The first-order chi connectivity index (χ1) is 6.97. The fourth-order valence-corrected chi connectivity index (χ4v) is 2.85. The Hall–Kier alpha value is -0.0400. The number of hydrogen-bond donors (Lipinski definition) is 0. The molecule has 1 heteroatoms. The highest BCUT2D eigenvalue weighted by molar-refractivity contribution is 4.94. The lowest BCUT2D eigenvalue weighted by molar-refractivity contribution is 0.284. The summed E-state index contributed by atoms with van der Waals surface area (Å²) in [7, 11) is 2.30. The van der Waals surface area contributed by atoms with Gasteiger partial charge in [0.25, 0.3) is 0 Å². The first-order valence-electron chi connectivity index (χ1n) is 6.65. The molecule has 2 unspecified atom stereocenters. The van der Waals surface area contributed by atoms with Crippen LogP contribution in [0.5, 0.6) is 0 Å². The Labute approximate surface area is 95.2 Å². The van der Waals surface area contributed by atoms with Gasteiger partial charge in [0.2, 0.25) is 0 Å². The summed E-state index contributed by atoms with van der Waals surface area (Å²) in [5.41, 5.74) is 0.555. The van der Waals surface area contributed by atoms with Crippen molar-refractivity contribution in [2.24, 2.45) is 23.2 Å². The molecule has 0 N–H and O–H groups in total. The molecule has 0 aliphatic heterocycles. The van der Waals surface area contributed by atoms with Crippen LogP contribution in [0.1, 0.15) is 46.5 Å². The molecule has 0 amide bonds. The van der Waals surface area contributed by atoms with E-state index in [-0.39, 0.29) is 0 Å². The summed E-state index contributed by atoms with van der Waals surface area (Å²) >= 11 is 0. The van der Waals surface area contributed by atoms with E-state index in [9.17, 15) is 0 Å². The van der Waals surface area contributed by atoms with Gasteiger partial charge >= 0.3 is 0 Å². The molecule has 0 heterocycles. The van der Waals surface area contributed by atoms with Crippen molar-refractivity contribution >= 4 is 0 Å². The predicted octanol–water partition coefficient (Wildman–Crippen LogP) is 3.40. The van der Waals surface area contributed by atoms with E-state index in [1.165, 1.54) is 38.8 Å². The van der Waals surface area contributed by atoms with Gasteiger partial charge in [-0.15, -0.1) is 0 Å². The summed E-state index contributed by atoms with van der Waals surface area (Å²) < 4.78 is 0. The molecule has 1 nitrogen and oxygen atoms in total. The van der Waals surface area contributed by atoms with Crippen LogP contribution in [0.2, 0.25) is 0 Å². The monoisotopic (exact) mass is 209 g/mol. The van der Waals surface area contributed by atoms with Gasteiger partial charge in [-0.3, -0.25) is 0 Å². The molecule has 0 bridgehead atoms. The topological polar surface area (TPSA) is 3.24 Å². The third-order valence-corrected chi connectivity index (χ3v) is 4.18. The first-order valence-corrected chi connectivity index (χ1v) is 6.65. The van der Waals surface area contributed by atoms with Crippen LogP contribution >= 0.6 is 0 Å². The molecular weight excluding hydrogens is 182 g/mol. The molecule has 0 saturated heterocycles. The number of nitrogens with zero attached hydrogens (tertiary/aromatic N) is 1. The lowest BCUT2D eigenvalue weighted by atomic mass is 9.88. The second-order valence-corrected chi connectivity index (χ2v) is 6.96. The van der Waals surface area contributed by atoms with Gasteiger partial charge in [-0.05, 0) is 62.4 Å². The average molecular weight is 209 g/mol. The zero-order valence-corrected chi connectivity index (χ0v) is 10.9. The van der Waals surface area contributed by atoms with E-state index >= 15 is 0 Å². The van der Waals surface area contributed by atoms with Crippen molar-refractivity contribution in [2.75, 3.05) is 20.1 Å². The fourth-order valence-electron chi connectivity index (χ4n) is 2.85. The molecule has 15 heavy (non-hydrogen) atoms. The van der Waals surface area contributed by atoms with Gasteiger partial charge in [-0.2, -0.15) is 0 Å². The van der Waals surface area contributed by atoms with E-state index in [1.807, 2.05) is 0 Å². The van der Waals surface area contributed by atoms with E-state index in [0.717, 1.165) is 17.8 Å². The molecule has 2 aliphatic rings. The van der Waals surface area contributed by atoms with Crippen molar-refractivity contribution in [1.82, 2.24) is 4.90 Å². The molecular formula is C14H27N. The van der Waals surface area contributed by atoms with Crippen molar-refractivity contribution in [1.29, 1.82) is 0 Å². The summed E-state index contributed by atoms with van der Waals surface area (Å²) in [6.45, 7) is 9.86. The van der Waals surface area contributed by atoms with E-state index < -0.39 is 0 Å². The molecule has 2 fully saturated rings. The SMILES string of the molecule is CN(CCC1CC1C(C)(C)C)CC1CC1. The molecule has 88 valence electrons. The third kappa shape index (κ3) is 3.48. The van der Waals surface area contributed by atoms with Gasteiger partial charge in [-0.1, -0.05) is 20.8 Å². The quantitative estimate of drug-likeness (QED) is 0.671. The molecule has 0 aromatic carbocycles. The van der Waals surface area contributed by atoms with Crippen molar-refractivity contribution < 1.29 is 0 Å². The largest absolute Gasteiger partial charge is 0.306 e. The van der Waals surface area contributed by atoms with Crippen molar-refractivity contribution in [3.05, 3.63) is 0 Å². The van der Waals surface area contributed by atoms with Gasteiger partial charge in [-0.25, -0.2) is 0 Å². The van der Waals surface area contributed by atoms with E-state index in [4.69, 9.17) is 0 Å². The molecule has 0 spiro atoms. The maximum absolute atomic E-state index is 2.55. The lowest BCUT2D eigenvalue weighted by Crippen LogP contribution is -2.23. The molecule has 2 saturated carbocycles. The highest BCUT2D eigenvalue weighted by atomic mass is 15.1. The minimum atomic E-state index is 0.555. The summed E-state index contributed by atoms with van der Waals surface area (Å²) in [5.74, 6) is 3.09. The Morgan fingerprint density at radius 1 is 1.20 bits per heavy atom. The first kappa shape index (κ1) is 11.4.